The van der Waals surface area contributed by atoms with E-state index in [2.05, 4.69) is 15.3 Å². The second kappa shape index (κ2) is 6.47. The zero-order valence-corrected chi connectivity index (χ0v) is 12.2. The Morgan fingerprint density at radius 3 is 2.62 bits per heavy atom. The van der Waals surface area contributed by atoms with Crippen LogP contribution in [-0.4, -0.2) is 16.5 Å². The molecule has 0 unspecified atom stereocenters. The van der Waals surface area contributed by atoms with E-state index in [1.807, 2.05) is 20.8 Å². The first-order valence-corrected chi connectivity index (χ1v) is 6.75. The lowest BCUT2D eigenvalue weighted by molar-refractivity contribution is 0.419. The van der Waals surface area contributed by atoms with Gasteiger partial charge in [0.15, 0.2) is 11.6 Å². The summed E-state index contributed by atoms with van der Waals surface area (Å²) in [5, 5.41) is 3.06. The van der Waals surface area contributed by atoms with Crippen molar-refractivity contribution in [2.24, 2.45) is 0 Å². The van der Waals surface area contributed by atoms with Gasteiger partial charge in [0.1, 0.15) is 17.5 Å². The number of nitrogens with one attached hydrogen (secondary N) is 1. The van der Waals surface area contributed by atoms with Crippen molar-refractivity contribution < 1.29 is 13.5 Å². The van der Waals surface area contributed by atoms with E-state index in [-0.39, 0.29) is 17.5 Å². The zero-order chi connectivity index (χ0) is 15.4. The van der Waals surface area contributed by atoms with Gasteiger partial charge < -0.3 is 10.1 Å². The van der Waals surface area contributed by atoms with Crippen LogP contribution in [0.2, 0.25) is 0 Å². The van der Waals surface area contributed by atoms with Crippen LogP contribution in [0.4, 0.5) is 14.6 Å². The smallest absolute Gasteiger partial charge is 0.224 e. The van der Waals surface area contributed by atoms with Crippen molar-refractivity contribution in [1.29, 1.82) is 0 Å². The van der Waals surface area contributed by atoms with Crippen LogP contribution in [-0.2, 0) is 0 Å². The molecule has 0 aliphatic rings. The Bertz CT molecular complexity index is 632. The Hall–Kier alpha value is -2.24. The summed E-state index contributed by atoms with van der Waals surface area (Å²) in [7, 11) is 0. The standard InChI is InChI=1S/C15H17F2N3O/c1-4-18-13-8-14(20-15(19-13)9(2)3)21-12-7-10(16)5-6-11(12)17/h5-9H,4H2,1-3H3,(H,18,19,20). The number of nitrogens with zero attached hydrogens (tertiary/aromatic N) is 2. The van der Waals surface area contributed by atoms with Crippen LogP contribution >= 0.6 is 0 Å². The predicted octanol–water partition coefficient (Wildman–Crippen LogP) is 4.10. The molecule has 2 aromatic rings. The minimum absolute atomic E-state index is 0.0864. The van der Waals surface area contributed by atoms with Crippen molar-refractivity contribution in [2.45, 2.75) is 26.7 Å². The Kier molecular flexibility index (Phi) is 4.67. The van der Waals surface area contributed by atoms with E-state index in [1.165, 1.54) is 0 Å². The van der Waals surface area contributed by atoms with Gasteiger partial charge in [-0.1, -0.05) is 13.8 Å². The summed E-state index contributed by atoms with van der Waals surface area (Å²) < 4.78 is 32.1. The van der Waals surface area contributed by atoms with Crippen LogP contribution in [0, 0.1) is 11.6 Å². The molecule has 0 fully saturated rings. The first-order chi connectivity index (χ1) is 9.99. The number of hydrogen-bond acceptors (Lipinski definition) is 4. The van der Waals surface area contributed by atoms with Crippen molar-refractivity contribution in [2.75, 3.05) is 11.9 Å². The van der Waals surface area contributed by atoms with E-state index in [0.29, 0.717) is 18.2 Å². The van der Waals surface area contributed by atoms with Gasteiger partial charge in [0, 0.05) is 24.6 Å². The number of aromatic nitrogens is 2. The molecule has 0 radical (unpaired) electrons. The number of ether oxygens (including phenoxy) is 1. The molecule has 0 amide bonds. The summed E-state index contributed by atoms with van der Waals surface area (Å²) >= 11 is 0. The van der Waals surface area contributed by atoms with Crippen LogP contribution in [0.5, 0.6) is 11.6 Å². The quantitative estimate of drug-likeness (QED) is 0.901. The van der Waals surface area contributed by atoms with Crippen LogP contribution < -0.4 is 10.1 Å². The molecular weight excluding hydrogens is 276 g/mol. The van der Waals surface area contributed by atoms with Gasteiger partial charge in [-0.25, -0.2) is 13.8 Å². The lowest BCUT2D eigenvalue weighted by Crippen LogP contribution is -2.06. The molecule has 6 heteroatoms. The van der Waals surface area contributed by atoms with E-state index < -0.39 is 11.6 Å². The maximum absolute atomic E-state index is 13.6. The first-order valence-electron chi connectivity index (χ1n) is 6.75. The minimum atomic E-state index is -0.647. The Morgan fingerprint density at radius 2 is 1.95 bits per heavy atom. The van der Waals surface area contributed by atoms with Gasteiger partial charge in [0.05, 0.1) is 0 Å². The highest BCUT2D eigenvalue weighted by Gasteiger charge is 2.12. The Balaban J connectivity index is 2.36. The summed E-state index contributed by atoms with van der Waals surface area (Å²) in [5.74, 6) is -0.00542. The molecule has 21 heavy (non-hydrogen) atoms. The van der Waals surface area contributed by atoms with Crippen LogP contribution in [0.25, 0.3) is 0 Å². The molecule has 0 aliphatic carbocycles. The number of benzene rings is 1. The Labute approximate surface area is 122 Å². The maximum Gasteiger partial charge on any atom is 0.224 e. The average Bonchev–Trinajstić information content (AvgIpc) is 2.43. The van der Waals surface area contributed by atoms with Crippen LogP contribution in [0.1, 0.15) is 32.5 Å². The van der Waals surface area contributed by atoms with Gasteiger partial charge in [0.2, 0.25) is 5.88 Å². The molecule has 1 heterocycles. The number of anilines is 1. The number of hydrogen-bond donors (Lipinski definition) is 1. The third-order valence-electron chi connectivity index (χ3n) is 2.70. The van der Waals surface area contributed by atoms with Crippen LogP contribution in [0.3, 0.4) is 0 Å². The van der Waals surface area contributed by atoms with E-state index in [4.69, 9.17) is 4.74 Å². The van der Waals surface area contributed by atoms with Crippen molar-refractivity contribution in [3.05, 3.63) is 41.7 Å². The summed E-state index contributed by atoms with van der Waals surface area (Å²) in [6.45, 7) is 6.50. The predicted molar refractivity (Wildman–Crippen MR) is 76.7 cm³/mol. The molecule has 0 atom stereocenters. The summed E-state index contributed by atoms with van der Waals surface area (Å²) in [4.78, 5) is 8.55. The molecule has 0 saturated heterocycles. The molecule has 0 saturated carbocycles. The van der Waals surface area contributed by atoms with E-state index in [0.717, 1.165) is 18.2 Å². The lowest BCUT2D eigenvalue weighted by Gasteiger charge is -2.12. The highest BCUT2D eigenvalue weighted by Crippen LogP contribution is 2.26. The van der Waals surface area contributed by atoms with Gasteiger partial charge in [0.25, 0.3) is 0 Å². The molecule has 4 nitrogen and oxygen atoms in total. The van der Waals surface area contributed by atoms with Gasteiger partial charge in [-0.15, -0.1) is 0 Å². The third kappa shape index (κ3) is 3.87. The van der Waals surface area contributed by atoms with E-state index in [1.54, 1.807) is 6.07 Å². The monoisotopic (exact) mass is 293 g/mol. The summed E-state index contributed by atoms with van der Waals surface area (Å²) in [5.41, 5.74) is 0. The molecule has 2 rings (SSSR count). The molecule has 0 spiro atoms. The molecule has 1 aromatic carbocycles. The SMILES string of the molecule is CCNc1cc(Oc2cc(F)ccc2F)nc(C(C)C)n1. The van der Waals surface area contributed by atoms with Gasteiger partial charge >= 0.3 is 0 Å². The molecular formula is C15H17F2N3O. The normalized spacial score (nSPS) is 10.8. The van der Waals surface area contributed by atoms with Crippen molar-refractivity contribution in [3.8, 4) is 11.6 Å². The lowest BCUT2D eigenvalue weighted by atomic mass is 10.2. The minimum Gasteiger partial charge on any atom is -0.436 e. The zero-order valence-electron chi connectivity index (χ0n) is 12.2. The molecule has 1 aromatic heterocycles. The van der Waals surface area contributed by atoms with Gasteiger partial charge in [-0.2, -0.15) is 4.98 Å². The summed E-state index contributed by atoms with van der Waals surface area (Å²) in [6, 6.07) is 4.59. The third-order valence-corrected chi connectivity index (χ3v) is 2.70. The fourth-order valence-corrected chi connectivity index (χ4v) is 1.69. The largest absolute Gasteiger partial charge is 0.436 e. The van der Waals surface area contributed by atoms with E-state index >= 15 is 0 Å². The average molecular weight is 293 g/mol. The second-order valence-electron chi connectivity index (χ2n) is 4.81. The van der Waals surface area contributed by atoms with Crippen molar-refractivity contribution >= 4 is 5.82 Å². The molecule has 1 N–H and O–H groups in total. The fourth-order valence-electron chi connectivity index (χ4n) is 1.69. The van der Waals surface area contributed by atoms with Gasteiger partial charge in [-0.05, 0) is 19.1 Å². The highest BCUT2D eigenvalue weighted by atomic mass is 19.1. The van der Waals surface area contributed by atoms with E-state index in [9.17, 15) is 8.78 Å². The molecule has 0 bridgehead atoms. The molecule has 0 aliphatic heterocycles. The number of rotatable bonds is 5. The fraction of sp³-hybridized carbons (Fsp3) is 0.333. The topological polar surface area (TPSA) is 47.0 Å². The summed E-state index contributed by atoms with van der Waals surface area (Å²) in [6.07, 6.45) is 0. The number of halogens is 2. The highest BCUT2D eigenvalue weighted by molar-refractivity contribution is 5.40. The van der Waals surface area contributed by atoms with Crippen LogP contribution in [0.15, 0.2) is 24.3 Å². The first kappa shape index (κ1) is 15.2. The van der Waals surface area contributed by atoms with Gasteiger partial charge in [-0.3, -0.25) is 0 Å². The second-order valence-corrected chi connectivity index (χ2v) is 4.81. The Morgan fingerprint density at radius 1 is 1.19 bits per heavy atom. The van der Waals surface area contributed by atoms with Crippen molar-refractivity contribution in [1.82, 2.24) is 9.97 Å². The molecule has 112 valence electrons. The van der Waals surface area contributed by atoms with Crippen molar-refractivity contribution in [3.63, 3.8) is 0 Å². The maximum atomic E-state index is 13.6.